The van der Waals surface area contributed by atoms with Crippen LogP contribution < -0.4 is 4.90 Å². The molecule has 3 aromatic rings. The summed E-state index contributed by atoms with van der Waals surface area (Å²) < 4.78 is 15.1. The summed E-state index contributed by atoms with van der Waals surface area (Å²) in [7, 11) is 3.14. The van der Waals surface area contributed by atoms with Crippen LogP contribution in [0, 0.1) is 9.64 Å². The summed E-state index contributed by atoms with van der Waals surface area (Å²) in [5.74, 6) is -0.852. The van der Waals surface area contributed by atoms with Crippen molar-refractivity contribution >= 4 is 44.5 Å². The molecule has 1 amide bonds. The highest BCUT2D eigenvalue weighted by atomic mass is 32.9. The zero-order valence-corrected chi connectivity index (χ0v) is 16.0. The molecule has 0 saturated carbocycles. The van der Waals surface area contributed by atoms with Crippen molar-refractivity contribution in [3.63, 3.8) is 0 Å². The molecule has 25 heavy (non-hydrogen) atoms. The lowest BCUT2D eigenvalue weighted by Gasteiger charge is -2.43. The van der Waals surface area contributed by atoms with E-state index in [1.807, 2.05) is 38.1 Å². The van der Waals surface area contributed by atoms with Crippen molar-refractivity contribution in [2.45, 2.75) is 19.4 Å². The van der Waals surface area contributed by atoms with Crippen LogP contribution in [-0.2, 0) is 5.54 Å². The molecule has 126 valence electrons. The molecule has 1 aromatic heterocycles. The molecule has 0 atom stereocenters. The summed E-state index contributed by atoms with van der Waals surface area (Å²) >= 11 is 5.54. The summed E-state index contributed by atoms with van der Waals surface area (Å²) in [6, 6.07) is 13.8. The number of anilines is 1. The van der Waals surface area contributed by atoms with Crippen molar-refractivity contribution in [1.82, 2.24) is 0 Å². The van der Waals surface area contributed by atoms with E-state index >= 15 is 0 Å². The van der Waals surface area contributed by atoms with E-state index < -0.39 is 11.4 Å². The third-order valence-electron chi connectivity index (χ3n) is 4.47. The van der Waals surface area contributed by atoms with E-state index in [1.54, 1.807) is 37.7 Å². The van der Waals surface area contributed by atoms with Gasteiger partial charge in [0.05, 0.1) is 21.7 Å². The third-order valence-corrected chi connectivity index (χ3v) is 7.80. The fourth-order valence-corrected chi connectivity index (χ4v) is 6.58. The van der Waals surface area contributed by atoms with Gasteiger partial charge in [0.15, 0.2) is 0 Å². The van der Waals surface area contributed by atoms with Crippen LogP contribution in [0.2, 0.25) is 0 Å². The van der Waals surface area contributed by atoms with Crippen LogP contribution in [0.5, 0.6) is 0 Å². The number of hydrogen-bond acceptors (Lipinski definition) is 4. The SMILES string of the molecule is CC1(C)c2ssc(=S)c2-c2ccccc2N1C(=O)c1ccccc1F. The molecule has 2 heterocycles. The molecule has 1 aliphatic heterocycles. The van der Waals surface area contributed by atoms with E-state index in [1.165, 1.54) is 12.1 Å². The number of halogens is 1. The topological polar surface area (TPSA) is 20.3 Å². The van der Waals surface area contributed by atoms with Gasteiger partial charge in [-0.25, -0.2) is 4.39 Å². The second-order valence-electron chi connectivity index (χ2n) is 6.35. The first-order valence-corrected chi connectivity index (χ1v) is 10.3. The van der Waals surface area contributed by atoms with Crippen LogP contribution in [-0.4, -0.2) is 5.91 Å². The second-order valence-corrected chi connectivity index (χ2v) is 9.17. The van der Waals surface area contributed by atoms with E-state index in [9.17, 15) is 9.18 Å². The van der Waals surface area contributed by atoms with Gasteiger partial charge in [0.1, 0.15) is 9.64 Å². The number of hydrogen-bond donors (Lipinski definition) is 0. The Hall–Kier alpha value is -1.89. The predicted molar refractivity (Wildman–Crippen MR) is 105 cm³/mol. The predicted octanol–water partition coefficient (Wildman–Crippen LogP) is 6.24. The fourth-order valence-electron chi connectivity index (χ4n) is 3.30. The molecule has 4 rings (SSSR count). The Bertz CT molecular complexity index is 1050. The van der Waals surface area contributed by atoms with Crippen molar-refractivity contribution in [3.8, 4) is 11.1 Å². The van der Waals surface area contributed by atoms with Crippen molar-refractivity contribution in [1.29, 1.82) is 0 Å². The highest BCUT2D eigenvalue weighted by Gasteiger charge is 2.43. The third kappa shape index (κ3) is 2.39. The Balaban J connectivity index is 1.99. The number of nitrogens with zero attached hydrogens (tertiary/aromatic N) is 1. The van der Waals surface area contributed by atoms with Gasteiger partial charge >= 0.3 is 0 Å². The largest absolute Gasteiger partial charge is 0.297 e. The zero-order chi connectivity index (χ0) is 17.8. The van der Waals surface area contributed by atoms with Crippen LogP contribution in [0.4, 0.5) is 10.1 Å². The van der Waals surface area contributed by atoms with Gasteiger partial charge in [0.2, 0.25) is 0 Å². The Morgan fingerprint density at radius 3 is 2.52 bits per heavy atom. The number of fused-ring (bicyclic) bond motifs is 3. The van der Waals surface area contributed by atoms with Gasteiger partial charge in [-0.05, 0) is 32.0 Å². The second kappa shape index (κ2) is 5.83. The molecule has 0 fully saturated rings. The summed E-state index contributed by atoms with van der Waals surface area (Å²) in [5.41, 5.74) is 2.20. The van der Waals surface area contributed by atoms with Crippen LogP contribution in [0.3, 0.4) is 0 Å². The maximum Gasteiger partial charge on any atom is 0.262 e. The standard InChI is InChI=1S/C19H14FNOS3/c1-19(2)16-15(18(23)25-24-16)12-8-4-6-10-14(12)21(19)17(22)11-7-3-5-9-13(11)20/h3-10H,1-2H3. The van der Waals surface area contributed by atoms with Gasteiger partial charge in [0, 0.05) is 11.1 Å². The molecule has 0 unspecified atom stereocenters. The molecule has 0 N–H and O–H groups in total. The van der Waals surface area contributed by atoms with Crippen molar-refractivity contribution in [2.24, 2.45) is 0 Å². The van der Waals surface area contributed by atoms with Gasteiger partial charge in [0.25, 0.3) is 5.91 Å². The highest BCUT2D eigenvalue weighted by Crippen LogP contribution is 2.52. The lowest BCUT2D eigenvalue weighted by Crippen LogP contribution is -2.48. The lowest BCUT2D eigenvalue weighted by molar-refractivity contribution is 0.0957. The van der Waals surface area contributed by atoms with E-state index in [0.717, 1.165) is 25.5 Å². The smallest absolute Gasteiger partial charge is 0.262 e. The zero-order valence-electron chi connectivity index (χ0n) is 13.6. The quantitative estimate of drug-likeness (QED) is 0.364. The number of rotatable bonds is 1. The van der Waals surface area contributed by atoms with Gasteiger partial charge in [-0.2, -0.15) is 0 Å². The Morgan fingerprint density at radius 2 is 1.76 bits per heavy atom. The fraction of sp³-hybridized carbons (Fsp3) is 0.158. The first-order chi connectivity index (χ1) is 11.9. The van der Waals surface area contributed by atoms with Gasteiger partial charge < -0.3 is 0 Å². The molecule has 0 bridgehead atoms. The molecule has 1 aliphatic rings. The summed E-state index contributed by atoms with van der Waals surface area (Å²) in [6.07, 6.45) is 0. The number of amides is 1. The average molecular weight is 388 g/mol. The molecule has 0 spiro atoms. The molecule has 2 nitrogen and oxygen atoms in total. The highest BCUT2D eigenvalue weighted by molar-refractivity contribution is 7.80. The maximum absolute atomic E-state index is 14.3. The first-order valence-electron chi connectivity index (χ1n) is 7.75. The minimum Gasteiger partial charge on any atom is -0.297 e. The minimum atomic E-state index is -0.610. The lowest BCUT2D eigenvalue weighted by atomic mass is 9.87. The van der Waals surface area contributed by atoms with Crippen molar-refractivity contribution in [3.05, 3.63) is 68.6 Å². The minimum absolute atomic E-state index is 0.0765. The Kier molecular flexibility index (Phi) is 3.86. The van der Waals surface area contributed by atoms with Gasteiger partial charge in [-0.1, -0.05) is 63.2 Å². The molecule has 2 aromatic carbocycles. The van der Waals surface area contributed by atoms with E-state index in [-0.39, 0.29) is 11.5 Å². The molecule has 0 aliphatic carbocycles. The van der Waals surface area contributed by atoms with Crippen LogP contribution in [0.1, 0.15) is 29.1 Å². The average Bonchev–Trinajstić information content (AvgIpc) is 2.98. The number of para-hydroxylation sites is 1. The number of carbonyl (C=O) groups excluding carboxylic acids is 1. The van der Waals surface area contributed by atoms with E-state index in [2.05, 4.69) is 0 Å². The van der Waals surface area contributed by atoms with E-state index in [4.69, 9.17) is 12.2 Å². The molecule has 0 radical (unpaired) electrons. The summed E-state index contributed by atoms with van der Waals surface area (Å²) in [6.45, 7) is 3.97. The molecular weight excluding hydrogens is 373 g/mol. The molecule has 0 saturated heterocycles. The number of benzene rings is 2. The summed E-state index contributed by atoms with van der Waals surface area (Å²) in [4.78, 5) is 16.0. The first kappa shape index (κ1) is 16.6. The Morgan fingerprint density at radius 1 is 1.08 bits per heavy atom. The van der Waals surface area contributed by atoms with Crippen molar-refractivity contribution < 1.29 is 9.18 Å². The monoisotopic (exact) mass is 387 g/mol. The van der Waals surface area contributed by atoms with Crippen LogP contribution >= 0.6 is 32.9 Å². The Labute approximate surface area is 157 Å². The molecule has 6 heteroatoms. The normalized spacial score (nSPS) is 14.8. The summed E-state index contributed by atoms with van der Waals surface area (Å²) in [5, 5.41) is 0. The van der Waals surface area contributed by atoms with E-state index in [0.29, 0.717) is 0 Å². The van der Waals surface area contributed by atoms with Crippen LogP contribution in [0.15, 0.2) is 48.5 Å². The van der Waals surface area contributed by atoms with Crippen molar-refractivity contribution in [2.75, 3.05) is 4.90 Å². The van der Waals surface area contributed by atoms with Crippen LogP contribution in [0.25, 0.3) is 11.1 Å². The number of carbonyl (C=O) groups is 1. The molecular formula is C19H14FNOS3. The van der Waals surface area contributed by atoms with Gasteiger partial charge in [-0.15, -0.1) is 0 Å². The maximum atomic E-state index is 14.3. The van der Waals surface area contributed by atoms with Gasteiger partial charge in [-0.3, -0.25) is 9.69 Å².